The third-order valence-electron chi connectivity index (χ3n) is 3.55. The van der Waals surface area contributed by atoms with Gasteiger partial charge in [0.25, 0.3) is 0 Å². The van der Waals surface area contributed by atoms with Crippen LogP contribution in [0.3, 0.4) is 0 Å². The number of thiophene rings is 1. The highest BCUT2D eigenvalue weighted by molar-refractivity contribution is 7.80. The first kappa shape index (κ1) is 16.2. The number of thiocarbonyl (C=S) groups is 1. The molecule has 1 aromatic rings. The number of methoxy groups -OCH3 is 1. The van der Waals surface area contributed by atoms with Gasteiger partial charge in [0, 0.05) is 10.9 Å². The summed E-state index contributed by atoms with van der Waals surface area (Å²) in [5, 5.41) is 7.65. The molecule has 2 N–H and O–H groups in total. The van der Waals surface area contributed by atoms with Crippen LogP contribution in [-0.4, -0.2) is 24.2 Å². The fraction of sp³-hybridized carbons (Fsp3) is 0.600. The van der Waals surface area contributed by atoms with Gasteiger partial charge < -0.3 is 15.4 Å². The standard InChI is InChI=1S/C15H22N2O2S2/c1-8(2)16-15(20)17-13-12(14(18)19-4)10-6-5-9(3)7-11(10)21-13/h8-9H,5-7H2,1-4H3,(H2,16,17,20). The van der Waals surface area contributed by atoms with Crippen LogP contribution >= 0.6 is 23.6 Å². The summed E-state index contributed by atoms with van der Waals surface area (Å²) >= 11 is 6.92. The van der Waals surface area contributed by atoms with E-state index in [4.69, 9.17) is 17.0 Å². The van der Waals surface area contributed by atoms with Crippen molar-refractivity contribution in [2.75, 3.05) is 12.4 Å². The molecule has 116 valence electrons. The molecule has 0 saturated carbocycles. The van der Waals surface area contributed by atoms with E-state index >= 15 is 0 Å². The van der Waals surface area contributed by atoms with Gasteiger partial charge in [-0.3, -0.25) is 0 Å². The summed E-state index contributed by atoms with van der Waals surface area (Å²) in [4.78, 5) is 13.4. The molecule has 1 heterocycles. The lowest BCUT2D eigenvalue weighted by molar-refractivity contribution is 0.0601. The van der Waals surface area contributed by atoms with Gasteiger partial charge in [0.2, 0.25) is 0 Å². The summed E-state index contributed by atoms with van der Waals surface area (Å²) in [6.07, 6.45) is 3.07. The molecule has 21 heavy (non-hydrogen) atoms. The van der Waals surface area contributed by atoms with Crippen LogP contribution < -0.4 is 10.6 Å². The molecule has 1 aliphatic rings. The Bertz CT molecular complexity index is 552. The second kappa shape index (κ2) is 6.75. The zero-order valence-electron chi connectivity index (χ0n) is 12.9. The van der Waals surface area contributed by atoms with E-state index in [1.165, 1.54) is 12.0 Å². The summed E-state index contributed by atoms with van der Waals surface area (Å²) in [7, 11) is 1.42. The van der Waals surface area contributed by atoms with E-state index in [0.717, 1.165) is 29.8 Å². The van der Waals surface area contributed by atoms with Crippen LogP contribution in [-0.2, 0) is 17.6 Å². The third kappa shape index (κ3) is 3.74. The number of ether oxygens (including phenoxy) is 1. The van der Waals surface area contributed by atoms with E-state index in [2.05, 4.69) is 17.6 Å². The summed E-state index contributed by atoms with van der Waals surface area (Å²) in [5.41, 5.74) is 1.80. The van der Waals surface area contributed by atoms with Gasteiger partial charge in [-0.25, -0.2) is 4.79 Å². The SMILES string of the molecule is COC(=O)c1c(NC(=S)NC(C)C)sc2c1CCC(C)C2. The molecule has 0 fully saturated rings. The minimum atomic E-state index is -0.281. The van der Waals surface area contributed by atoms with Crippen LogP contribution in [0.15, 0.2) is 0 Å². The summed E-state index contributed by atoms with van der Waals surface area (Å²) < 4.78 is 4.95. The Morgan fingerprint density at radius 3 is 2.81 bits per heavy atom. The maximum atomic E-state index is 12.1. The van der Waals surface area contributed by atoms with Crippen molar-refractivity contribution in [3.05, 3.63) is 16.0 Å². The van der Waals surface area contributed by atoms with Crippen LogP contribution in [0.5, 0.6) is 0 Å². The van der Waals surface area contributed by atoms with Crippen molar-refractivity contribution in [2.24, 2.45) is 5.92 Å². The molecular formula is C15H22N2O2S2. The molecule has 0 aromatic carbocycles. The maximum absolute atomic E-state index is 12.1. The second-order valence-electron chi connectivity index (χ2n) is 5.80. The maximum Gasteiger partial charge on any atom is 0.341 e. The highest BCUT2D eigenvalue weighted by atomic mass is 32.1. The van der Waals surface area contributed by atoms with Gasteiger partial charge in [0.1, 0.15) is 5.00 Å². The predicted octanol–water partition coefficient (Wildman–Crippen LogP) is 3.35. The van der Waals surface area contributed by atoms with Gasteiger partial charge in [0.05, 0.1) is 12.7 Å². The molecule has 1 atom stereocenters. The molecule has 1 aromatic heterocycles. The van der Waals surface area contributed by atoms with Crippen molar-refractivity contribution in [1.29, 1.82) is 0 Å². The quantitative estimate of drug-likeness (QED) is 0.659. The summed E-state index contributed by atoms with van der Waals surface area (Å²) in [6, 6.07) is 0.251. The molecule has 0 saturated heterocycles. The van der Waals surface area contributed by atoms with E-state index in [1.807, 2.05) is 13.8 Å². The monoisotopic (exact) mass is 326 g/mol. The lowest BCUT2D eigenvalue weighted by Crippen LogP contribution is -2.34. The first-order valence-corrected chi connectivity index (χ1v) is 8.45. The fourth-order valence-electron chi connectivity index (χ4n) is 2.56. The van der Waals surface area contributed by atoms with Gasteiger partial charge in [0.15, 0.2) is 5.11 Å². The Morgan fingerprint density at radius 1 is 1.48 bits per heavy atom. The number of hydrogen-bond donors (Lipinski definition) is 2. The molecule has 0 aliphatic heterocycles. The van der Waals surface area contributed by atoms with Crippen molar-refractivity contribution in [2.45, 2.75) is 46.1 Å². The topological polar surface area (TPSA) is 50.4 Å². The van der Waals surface area contributed by atoms with Gasteiger partial charge in [-0.15, -0.1) is 11.3 Å². The average molecular weight is 326 g/mol. The van der Waals surface area contributed by atoms with E-state index < -0.39 is 0 Å². The van der Waals surface area contributed by atoms with Gasteiger partial charge >= 0.3 is 5.97 Å². The molecule has 0 radical (unpaired) electrons. The Morgan fingerprint density at radius 2 is 2.19 bits per heavy atom. The molecule has 2 rings (SSSR count). The van der Waals surface area contributed by atoms with Crippen molar-refractivity contribution >= 4 is 39.6 Å². The number of fused-ring (bicyclic) bond motifs is 1. The zero-order chi connectivity index (χ0) is 15.6. The molecule has 6 heteroatoms. The van der Waals surface area contributed by atoms with E-state index in [1.54, 1.807) is 11.3 Å². The lowest BCUT2D eigenvalue weighted by Gasteiger charge is -2.18. The van der Waals surface area contributed by atoms with Crippen LogP contribution in [0, 0.1) is 5.92 Å². The number of carbonyl (C=O) groups excluding carboxylic acids is 1. The Kier molecular flexibility index (Phi) is 5.22. The van der Waals surface area contributed by atoms with Crippen LogP contribution in [0.1, 0.15) is 48.0 Å². The predicted molar refractivity (Wildman–Crippen MR) is 91.3 cm³/mol. The van der Waals surface area contributed by atoms with Crippen LogP contribution in [0.2, 0.25) is 0 Å². The number of anilines is 1. The fourth-order valence-corrected chi connectivity index (χ4v) is 4.36. The van der Waals surface area contributed by atoms with E-state index in [9.17, 15) is 4.79 Å². The Balaban J connectivity index is 2.31. The van der Waals surface area contributed by atoms with Gasteiger partial charge in [-0.1, -0.05) is 6.92 Å². The van der Waals surface area contributed by atoms with Crippen molar-refractivity contribution in [3.8, 4) is 0 Å². The normalized spacial score (nSPS) is 17.3. The van der Waals surface area contributed by atoms with Crippen molar-refractivity contribution in [3.63, 3.8) is 0 Å². The second-order valence-corrected chi connectivity index (χ2v) is 7.31. The smallest absolute Gasteiger partial charge is 0.341 e. The third-order valence-corrected chi connectivity index (χ3v) is 4.94. The average Bonchev–Trinajstić information content (AvgIpc) is 2.73. The minimum Gasteiger partial charge on any atom is -0.465 e. The highest BCUT2D eigenvalue weighted by Gasteiger charge is 2.28. The summed E-state index contributed by atoms with van der Waals surface area (Å²) in [5.74, 6) is 0.382. The van der Waals surface area contributed by atoms with Crippen molar-refractivity contribution in [1.82, 2.24) is 5.32 Å². The largest absolute Gasteiger partial charge is 0.465 e. The van der Waals surface area contributed by atoms with Crippen LogP contribution in [0.4, 0.5) is 5.00 Å². The molecule has 0 spiro atoms. The first-order valence-electron chi connectivity index (χ1n) is 7.22. The number of rotatable bonds is 3. The zero-order valence-corrected chi connectivity index (χ0v) is 14.5. The Labute approximate surface area is 135 Å². The number of esters is 1. The first-order chi connectivity index (χ1) is 9.92. The minimum absolute atomic E-state index is 0.251. The molecule has 0 amide bonds. The van der Waals surface area contributed by atoms with E-state index in [-0.39, 0.29) is 12.0 Å². The van der Waals surface area contributed by atoms with E-state index in [0.29, 0.717) is 16.6 Å². The molecule has 4 nitrogen and oxygen atoms in total. The lowest BCUT2D eigenvalue weighted by atomic mass is 9.88. The van der Waals surface area contributed by atoms with Gasteiger partial charge in [-0.2, -0.15) is 0 Å². The van der Waals surface area contributed by atoms with Crippen molar-refractivity contribution < 1.29 is 9.53 Å². The van der Waals surface area contributed by atoms with Crippen LogP contribution in [0.25, 0.3) is 0 Å². The molecular weight excluding hydrogens is 304 g/mol. The number of carbonyl (C=O) groups is 1. The number of hydrogen-bond acceptors (Lipinski definition) is 4. The highest BCUT2D eigenvalue weighted by Crippen LogP contribution is 2.39. The molecule has 1 aliphatic carbocycles. The molecule has 1 unspecified atom stereocenters. The Hall–Kier alpha value is -1.14. The summed E-state index contributed by atoms with van der Waals surface area (Å²) in [6.45, 7) is 6.30. The van der Waals surface area contributed by atoms with Gasteiger partial charge in [-0.05, 0) is 56.8 Å². The molecule has 0 bridgehead atoms. The number of nitrogens with one attached hydrogen (secondary N) is 2.